The molecule has 0 saturated heterocycles. The molecule has 0 fully saturated rings. The van der Waals surface area contributed by atoms with E-state index in [4.69, 9.17) is 10.7 Å². The topological polar surface area (TPSA) is 86.5 Å². The number of alkyl halides is 2. The van der Waals surface area contributed by atoms with Gasteiger partial charge in [-0.25, -0.2) is 8.42 Å². The quantitative estimate of drug-likeness (QED) is 0.473. The van der Waals surface area contributed by atoms with Crippen LogP contribution in [0.15, 0.2) is 18.2 Å². The first kappa shape index (κ1) is 14.6. The van der Waals surface area contributed by atoms with E-state index in [9.17, 15) is 27.3 Å². The first-order valence-electron chi connectivity index (χ1n) is 4.34. The average molecular weight is 302 g/mol. The highest BCUT2D eigenvalue weighted by molar-refractivity contribution is 8.13. The lowest BCUT2D eigenvalue weighted by molar-refractivity contribution is -0.386. The second-order valence-electron chi connectivity index (χ2n) is 3.08. The molecule has 0 heterocycles. The summed E-state index contributed by atoms with van der Waals surface area (Å²) in [6.07, 6.45) is 0. The highest BCUT2D eigenvalue weighted by Crippen LogP contribution is 2.33. The second kappa shape index (κ2) is 5.44. The number of rotatable bonds is 5. The third-order valence-corrected chi connectivity index (χ3v) is 2.79. The molecule has 0 aromatic heterocycles. The van der Waals surface area contributed by atoms with E-state index in [0.717, 1.165) is 18.2 Å². The van der Waals surface area contributed by atoms with Gasteiger partial charge in [-0.15, -0.1) is 0 Å². The van der Waals surface area contributed by atoms with Gasteiger partial charge in [-0.05, 0) is 0 Å². The Balaban J connectivity index is 3.32. The Morgan fingerprint density at radius 1 is 1.44 bits per heavy atom. The van der Waals surface area contributed by atoms with E-state index < -0.39 is 37.8 Å². The highest BCUT2D eigenvalue weighted by atomic mass is 35.7. The van der Waals surface area contributed by atoms with Crippen LogP contribution in [0.2, 0.25) is 0 Å². The fraction of sp³-hybridized carbons (Fsp3) is 0.250. The van der Waals surface area contributed by atoms with Crippen LogP contribution < -0.4 is 4.74 Å². The molecule has 0 bridgehead atoms. The molecule has 0 radical (unpaired) electrons. The highest BCUT2D eigenvalue weighted by Gasteiger charge is 2.24. The van der Waals surface area contributed by atoms with Gasteiger partial charge in [0.2, 0.25) is 14.8 Å². The molecule has 0 spiro atoms. The summed E-state index contributed by atoms with van der Waals surface area (Å²) in [5, 5.41) is 10.6. The molecule has 10 heteroatoms. The molecule has 18 heavy (non-hydrogen) atoms. The molecule has 1 aromatic carbocycles. The van der Waals surface area contributed by atoms with Crippen molar-refractivity contribution in [3.63, 3.8) is 0 Å². The van der Waals surface area contributed by atoms with E-state index in [0.29, 0.717) is 0 Å². The third kappa shape index (κ3) is 4.08. The Labute approximate surface area is 105 Å². The minimum Gasteiger partial charge on any atom is -0.427 e. The fourth-order valence-electron chi connectivity index (χ4n) is 1.24. The van der Waals surface area contributed by atoms with E-state index >= 15 is 0 Å². The van der Waals surface area contributed by atoms with Gasteiger partial charge in [-0.2, -0.15) is 8.78 Å². The van der Waals surface area contributed by atoms with Gasteiger partial charge in [0, 0.05) is 22.3 Å². The minimum atomic E-state index is -4.05. The molecule has 0 aliphatic rings. The molecule has 0 N–H and O–H groups in total. The summed E-state index contributed by atoms with van der Waals surface area (Å²) < 4.78 is 50.0. The average Bonchev–Trinajstić information content (AvgIpc) is 2.17. The van der Waals surface area contributed by atoms with Gasteiger partial charge in [0.1, 0.15) is 0 Å². The van der Waals surface area contributed by atoms with Crippen molar-refractivity contribution in [1.82, 2.24) is 0 Å². The molecule has 0 unspecified atom stereocenters. The first-order valence-corrected chi connectivity index (χ1v) is 6.82. The maximum Gasteiger partial charge on any atom is 0.387 e. The summed E-state index contributed by atoms with van der Waals surface area (Å²) in [6, 6.07) is 3.17. The molecular weight excluding hydrogens is 296 g/mol. The predicted molar refractivity (Wildman–Crippen MR) is 58.2 cm³/mol. The number of ether oxygens (including phenoxy) is 1. The molecule has 6 nitrogen and oxygen atoms in total. The van der Waals surface area contributed by atoms with Crippen molar-refractivity contribution in [3.8, 4) is 5.75 Å². The minimum absolute atomic E-state index is 0.306. The Kier molecular flexibility index (Phi) is 4.41. The third-order valence-electron chi connectivity index (χ3n) is 1.81. The lowest BCUT2D eigenvalue weighted by Crippen LogP contribution is -2.08. The van der Waals surface area contributed by atoms with E-state index in [2.05, 4.69) is 4.74 Å². The fourth-order valence-corrected chi connectivity index (χ4v) is 2.19. The van der Waals surface area contributed by atoms with Crippen LogP contribution >= 0.6 is 10.7 Å². The van der Waals surface area contributed by atoms with Crippen LogP contribution in [-0.4, -0.2) is 20.0 Å². The Bertz CT molecular complexity index is 563. The van der Waals surface area contributed by atoms with Gasteiger partial charge in [-0.3, -0.25) is 10.1 Å². The molecule has 0 aliphatic carbocycles. The van der Waals surface area contributed by atoms with Crippen LogP contribution in [-0.2, 0) is 14.8 Å². The van der Waals surface area contributed by atoms with E-state index in [1.165, 1.54) is 0 Å². The van der Waals surface area contributed by atoms with Crippen molar-refractivity contribution in [1.29, 1.82) is 0 Å². The summed E-state index contributed by atoms with van der Waals surface area (Å²) in [6.45, 7) is -3.32. The maximum atomic E-state index is 12.1. The molecule has 0 saturated carbocycles. The monoisotopic (exact) mass is 301 g/mol. The zero-order valence-electron chi connectivity index (χ0n) is 8.55. The number of nitro groups is 1. The Hall–Kier alpha value is -1.48. The SMILES string of the molecule is O=[N+]([O-])c1cccc(CS(=O)(=O)Cl)c1OC(F)F. The van der Waals surface area contributed by atoms with Crippen LogP contribution in [0.4, 0.5) is 14.5 Å². The van der Waals surface area contributed by atoms with E-state index in [1.807, 2.05) is 0 Å². The number of hydrogen-bond donors (Lipinski definition) is 0. The van der Waals surface area contributed by atoms with Crippen molar-refractivity contribution in [2.45, 2.75) is 12.4 Å². The van der Waals surface area contributed by atoms with Gasteiger partial charge in [-0.1, -0.05) is 12.1 Å². The molecule has 100 valence electrons. The van der Waals surface area contributed by atoms with Crippen LogP contribution in [0.5, 0.6) is 5.75 Å². The summed E-state index contributed by atoms with van der Waals surface area (Å²) in [7, 11) is 0.914. The lowest BCUT2D eigenvalue weighted by Gasteiger charge is -2.09. The number of halogens is 3. The van der Waals surface area contributed by atoms with Crippen molar-refractivity contribution < 1.29 is 26.9 Å². The van der Waals surface area contributed by atoms with Crippen LogP contribution in [0.1, 0.15) is 5.56 Å². The van der Waals surface area contributed by atoms with E-state index in [-0.39, 0.29) is 5.56 Å². The van der Waals surface area contributed by atoms with Crippen molar-refractivity contribution in [2.75, 3.05) is 0 Å². The number of nitrogens with zero attached hydrogens (tertiary/aromatic N) is 1. The summed E-state index contributed by atoms with van der Waals surface area (Å²) in [4.78, 5) is 9.66. The molecule has 1 aromatic rings. The zero-order chi connectivity index (χ0) is 13.9. The van der Waals surface area contributed by atoms with Crippen molar-refractivity contribution in [2.24, 2.45) is 0 Å². The largest absolute Gasteiger partial charge is 0.427 e. The second-order valence-corrected chi connectivity index (χ2v) is 5.86. The van der Waals surface area contributed by atoms with Crippen LogP contribution in [0, 0.1) is 10.1 Å². The van der Waals surface area contributed by atoms with Crippen LogP contribution in [0.25, 0.3) is 0 Å². The predicted octanol–water partition coefficient (Wildman–Crippen LogP) is 2.26. The normalized spacial score (nSPS) is 11.6. The van der Waals surface area contributed by atoms with Gasteiger partial charge >= 0.3 is 12.3 Å². The standard InChI is InChI=1S/C8H6ClF2NO5S/c9-18(15,16)4-5-2-1-3-6(12(13)14)7(5)17-8(10)11/h1-3,8H,4H2. The number of nitro benzene ring substituents is 1. The first-order chi connectivity index (χ1) is 8.20. The summed E-state index contributed by atoms with van der Waals surface area (Å²) in [5.74, 6) is -1.65. The zero-order valence-corrected chi connectivity index (χ0v) is 10.1. The van der Waals surface area contributed by atoms with Gasteiger partial charge in [0.05, 0.1) is 10.7 Å². The van der Waals surface area contributed by atoms with Crippen LogP contribution in [0.3, 0.4) is 0 Å². The summed E-state index contributed by atoms with van der Waals surface area (Å²) >= 11 is 0. The molecule has 1 rings (SSSR count). The molecule has 0 aliphatic heterocycles. The maximum absolute atomic E-state index is 12.1. The molecule has 0 atom stereocenters. The number of benzene rings is 1. The molecular formula is C8H6ClF2NO5S. The van der Waals surface area contributed by atoms with E-state index in [1.54, 1.807) is 0 Å². The summed E-state index contributed by atoms with van der Waals surface area (Å²) in [5.41, 5.74) is -1.06. The Morgan fingerprint density at radius 2 is 2.06 bits per heavy atom. The van der Waals surface area contributed by atoms with Gasteiger partial charge in [0.15, 0.2) is 0 Å². The van der Waals surface area contributed by atoms with Gasteiger partial charge in [0.25, 0.3) is 0 Å². The van der Waals surface area contributed by atoms with Gasteiger partial charge < -0.3 is 4.74 Å². The number of para-hydroxylation sites is 1. The lowest BCUT2D eigenvalue weighted by atomic mass is 10.2. The smallest absolute Gasteiger partial charge is 0.387 e. The van der Waals surface area contributed by atoms with Crippen molar-refractivity contribution in [3.05, 3.63) is 33.9 Å². The molecule has 0 amide bonds. The Morgan fingerprint density at radius 3 is 2.50 bits per heavy atom. The number of hydrogen-bond acceptors (Lipinski definition) is 5. The van der Waals surface area contributed by atoms with Crippen molar-refractivity contribution >= 4 is 25.4 Å².